The maximum atomic E-state index is 13.3. The van der Waals surface area contributed by atoms with Gasteiger partial charge in [0.25, 0.3) is 5.91 Å². The van der Waals surface area contributed by atoms with Gasteiger partial charge in [-0.2, -0.15) is 13.2 Å². The zero-order valence-corrected chi connectivity index (χ0v) is 21.6. The highest BCUT2D eigenvalue weighted by molar-refractivity contribution is 7.86. The molecule has 2 aromatic carbocycles. The average molecular weight is 538 g/mol. The number of rotatable bonds is 6. The van der Waals surface area contributed by atoms with Gasteiger partial charge in [-0.05, 0) is 67.1 Å². The predicted octanol–water partition coefficient (Wildman–Crippen LogP) is 5.92. The maximum Gasteiger partial charge on any atom is 0.416 e. The van der Waals surface area contributed by atoms with E-state index in [9.17, 15) is 22.2 Å². The molecule has 0 saturated carbocycles. The van der Waals surface area contributed by atoms with Crippen LogP contribution in [-0.2, 0) is 21.9 Å². The van der Waals surface area contributed by atoms with E-state index in [1.165, 1.54) is 12.1 Å². The lowest BCUT2D eigenvalue weighted by molar-refractivity contribution is -0.137. The Labute approximate surface area is 214 Å². The van der Waals surface area contributed by atoms with Crippen LogP contribution in [0.25, 0.3) is 0 Å². The van der Waals surface area contributed by atoms with E-state index >= 15 is 0 Å². The van der Waals surface area contributed by atoms with Crippen molar-refractivity contribution < 1.29 is 26.9 Å². The molecule has 1 aliphatic rings. The van der Waals surface area contributed by atoms with Crippen LogP contribution >= 0.6 is 11.3 Å². The molecule has 1 saturated heterocycles. The van der Waals surface area contributed by atoms with Crippen LogP contribution in [0.2, 0.25) is 0 Å². The molecule has 4 rings (SSSR count). The Balaban J connectivity index is 1.56. The number of thiophene rings is 1. The number of morpholine rings is 1. The summed E-state index contributed by atoms with van der Waals surface area (Å²) in [6.45, 7) is 8.74. The smallest absolute Gasteiger partial charge is 0.378 e. The number of hydrogen-bond donors (Lipinski definition) is 2. The van der Waals surface area contributed by atoms with Gasteiger partial charge in [-0.15, -0.1) is 11.3 Å². The zero-order chi connectivity index (χ0) is 26.0. The molecule has 1 amide bonds. The number of nitrogens with zero attached hydrogens (tertiary/aromatic N) is 1. The van der Waals surface area contributed by atoms with E-state index in [4.69, 9.17) is 4.74 Å². The van der Waals surface area contributed by atoms with E-state index < -0.39 is 28.6 Å². The lowest BCUT2D eigenvalue weighted by Crippen LogP contribution is -2.37. The normalized spacial score (nSPS) is 15.0. The molecule has 0 aliphatic carbocycles. The van der Waals surface area contributed by atoms with Gasteiger partial charge in [-0.1, -0.05) is 12.1 Å². The summed E-state index contributed by atoms with van der Waals surface area (Å²) in [4.78, 5) is 15.7. The molecule has 3 aromatic rings. The minimum atomic E-state index is -4.54. The van der Waals surface area contributed by atoms with Gasteiger partial charge in [-0.3, -0.25) is 9.52 Å². The van der Waals surface area contributed by atoms with Crippen molar-refractivity contribution in [3.05, 3.63) is 68.9 Å². The van der Waals surface area contributed by atoms with Crippen LogP contribution in [0.15, 0.2) is 46.7 Å². The molecule has 0 spiro atoms. The van der Waals surface area contributed by atoms with Gasteiger partial charge in [0.05, 0.1) is 29.4 Å². The second-order valence-electron chi connectivity index (χ2n) is 8.47. The van der Waals surface area contributed by atoms with E-state index in [1.807, 2.05) is 26.8 Å². The molecule has 1 atom stereocenters. The van der Waals surface area contributed by atoms with Crippen LogP contribution in [0.5, 0.6) is 0 Å². The summed E-state index contributed by atoms with van der Waals surface area (Å²) >= 11 is 1.15. The van der Waals surface area contributed by atoms with Crippen molar-refractivity contribution in [3.63, 3.8) is 0 Å². The van der Waals surface area contributed by atoms with Crippen molar-refractivity contribution in [2.45, 2.75) is 31.8 Å². The summed E-state index contributed by atoms with van der Waals surface area (Å²) < 4.78 is 60.1. The van der Waals surface area contributed by atoms with Gasteiger partial charge in [0.2, 0.25) is 0 Å². The molecule has 1 aliphatic heterocycles. The number of carbonyl (C=O) groups excluding carboxylic acids is 1. The molecule has 2 N–H and O–H groups in total. The number of aryl methyl sites for hydroxylation is 2. The van der Waals surface area contributed by atoms with Gasteiger partial charge in [0, 0.05) is 24.5 Å². The number of nitrogens with one attached hydrogen (secondary N) is 2. The van der Waals surface area contributed by atoms with Crippen molar-refractivity contribution in [1.82, 2.24) is 0 Å². The first-order valence-electron chi connectivity index (χ1n) is 11.2. The van der Waals surface area contributed by atoms with Crippen molar-refractivity contribution in [2.75, 3.05) is 41.2 Å². The molecule has 11 heteroatoms. The largest absolute Gasteiger partial charge is 0.416 e. The van der Waals surface area contributed by atoms with E-state index in [0.29, 0.717) is 18.9 Å². The van der Waals surface area contributed by atoms with E-state index in [2.05, 4.69) is 14.9 Å². The van der Waals surface area contributed by atoms with Crippen LogP contribution in [0, 0.1) is 20.8 Å². The fourth-order valence-electron chi connectivity index (χ4n) is 4.32. The minimum absolute atomic E-state index is 0.0391. The molecule has 1 unspecified atom stereocenters. The topological polar surface area (TPSA) is 70.7 Å². The Morgan fingerprint density at radius 1 is 1.08 bits per heavy atom. The quantitative estimate of drug-likeness (QED) is 0.410. The maximum absolute atomic E-state index is 13.3. The number of alkyl halides is 3. The first-order valence-corrected chi connectivity index (χ1v) is 13.3. The number of anilines is 3. The van der Waals surface area contributed by atoms with Crippen LogP contribution in [0.4, 0.5) is 30.2 Å². The Bertz CT molecular complexity index is 1300. The molecule has 1 fully saturated rings. The van der Waals surface area contributed by atoms with Crippen molar-refractivity contribution in [2.24, 2.45) is 0 Å². The molecule has 0 radical (unpaired) electrons. The molecule has 36 heavy (non-hydrogen) atoms. The predicted molar refractivity (Wildman–Crippen MR) is 137 cm³/mol. The fraction of sp³-hybridized carbons (Fsp3) is 0.320. The Hall–Kier alpha value is -2.89. The first kappa shape index (κ1) is 26.2. The second kappa shape index (κ2) is 10.6. The fourth-order valence-corrected chi connectivity index (χ4v) is 6.06. The van der Waals surface area contributed by atoms with Gasteiger partial charge in [-0.25, -0.2) is 4.21 Å². The number of benzene rings is 2. The lowest BCUT2D eigenvalue weighted by Gasteiger charge is -2.32. The molecule has 0 bridgehead atoms. The third-order valence-electron chi connectivity index (χ3n) is 5.95. The van der Waals surface area contributed by atoms with E-state index in [0.717, 1.165) is 58.9 Å². The number of halogens is 3. The van der Waals surface area contributed by atoms with E-state index in [1.54, 1.807) is 11.4 Å². The van der Waals surface area contributed by atoms with Gasteiger partial charge in [0.1, 0.15) is 15.9 Å². The van der Waals surface area contributed by atoms with Crippen LogP contribution < -0.4 is 14.9 Å². The molecule has 1 aromatic heterocycles. The second-order valence-corrected chi connectivity index (χ2v) is 10.6. The van der Waals surface area contributed by atoms with E-state index in [-0.39, 0.29) is 15.5 Å². The summed E-state index contributed by atoms with van der Waals surface area (Å²) in [5.74, 6) is -0.392. The van der Waals surface area contributed by atoms with Gasteiger partial charge in [0.15, 0.2) is 0 Å². The highest BCUT2D eigenvalue weighted by Gasteiger charge is 2.31. The van der Waals surface area contributed by atoms with Gasteiger partial charge >= 0.3 is 6.18 Å². The molecule has 6 nitrogen and oxygen atoms in total. The molecular weight excluding hydrogens is 511 g/mol. The third-order valence-corrected chi connectivity index (χ3v) is 7.95. The molecule has 192 valence electrons. The van der Waals surface area contributed by atoms with Crippen molar-refractivity contribution >= 4 is 45.3 Å². The Kier molecular flexibility index (Phi) is 7.72. The summed E-state index contributed by atoms with van der Waals surface area (Å²) in [7, 11) is -1.99. The number of hydrogen-bond acceptors (Lipinski definition) is 5. The Morgan fingerprint density at radius 2 is 1.81 bits per heavy atom. The molecular formula is C25H26F3N3O3S2. The van der Waals surface area contributed by atoms with Crippen molar-refractivity contribution in [3.8, 4) is 0 Å². The first-order chi connectivity index (χ1) is 17.1. The average Bonchev–Trinajstić information content (AvgIpc) is 3.30. The molecule has 2 heterocycles. The highest BCUT2D eigenvalue weighted by atomic mass is 32.2. The number of carbonyl (C=O) groups is 1. The summed E-state index contributed by atoms with van der Waals surface area (Å²) in [6.07, 6.45) is -4.54. The van der Waals surface area contributed by atoms with Crippen LogP contribution in [0.3, 0.4) is 0 Å². The van der Waals surface area contributed by atoms with Gasteiger partial charge < -0.3 is 15.0 Å². The van der Waals surface area contributed by atoms with Crippen molar-refractivity contribution in [1.29, 1.82) is 0 Å². The number of amides is 1. The summed E-state index contributed by atoms with van der Waals surface area (Å²) in [5, 5.41) is 4.66. The summed E-state index contributed by atoms with van der Waals surface area (Å²) in [5.41, 5.74) is 4.12. The monoisotopic (exact) mass is 537 g/mol. The minimum Gasteiger partial charge on any atom is -0.378 e. The summed E-state index contributed by atoms with van der Waals surface area (Å²) in [6, 6.07) is 7.91. The number of ether oxygens (including phenoxy) is 1. The Morgan fingerprint density at radius 3 is 2.50 bits per heavy atom. The zero-order valence-electron chi connectivity index (χ0n) is 20.0. The highest BCUT2D eigenvalue weighted by Crippen LogP contribution is 2.35. The third kappa shape index (κ3) is 5.58. The SMILES string of the molecule is Cc1cc(C)c(N2CCOCC2)c(C)c1NC(=O)c1sccc1NS(=O)c1cccc(C(F)(F)F)c1. The van der Waals surface area contributed by atoms with Crippen LogP contribution in [-0.4, -0.2) is 36.4 Å². The van der Waals surface area contributed by atoms with Crippen LogP contribution in [0.1, 0.15) is 31.9 Å². The standard InChI is InChI=1S/C25H26F3N3O3S2/c1-15-13-16(2)22(31-8-10-34-11-9-31)17(3)21(15)29-24(32)23-20(7-12-35-23)30-36(33)19-6-4-5-18(14-19)25(26,27)28/h4-7,12-14,30H,8-11H2,1-3H3,(H,29,32). The lowest BCUT2D eigenvalue weighted by atomic mass is 10.0.